The van der Waals surface area contributed by atoms with Gasteiger partial charge in [-0.1, -0.05) is 32.1 Å². The summed E-state index contributed by atoms with van der Waals surface area (Å²) in [5, 5.41) is 0. The summed E-state index contributed by atoms with van der Waals surface area (Å²) in [5.41, 5.74) is 0. The molecule has 0 heterocycles. The number of hydrogen-bond donors (Lipinski definition) is 0. The second kappa shape index (κ2) is 3.76. The molecule has 5 saturated carbocycles. The van der Waals surface area contributed by atoms with Crippen LogP contribution in [0.3, 0.4) is 0 Å². The minimum absolute atomic E-state index is 1.18. The normalized spacial score (nSPS) is 61.3. The smallest absolute Gasteiger partial charge is 0.0323 e. The summed E-state index contributed by atoms with van der Waals surface area (Å²) in [7, 11) is 0. The Kier molecular flexibility index (Phi) is 2.25. The van der Waals surface area contributed by atoms with E-state index >= 15 is 0 Å². The lowest BCUT2D eigenvalue weighted by atomic mass is 9.52. The minimum atomic E-state index is 1.18. The van der Waals surface area contributed by atoms with E-state index in [0.29, 0.717) is 0 Å². The Bertz CT molecular complexity index is 346. The summed E-state index contributed by atoms with van der Waals surface area (Å²) in [6, 6.07) is 0. The lowest BCUT2D eigenvalue weighted by molar-refractivity contribution is -0.0387. The van der Waals surface area contributed by atoms with Crippen molar-refractivity contribution in [3.05, 3.63) is 0 Å². The topological polar surface area (TPSA) is 0 Å². The minimum Gasteiger partial charge on any atom is -0.0530 e. The molecule has 5 rings (SSSR count). The van der Waals surface area contributed by atoms with Crippen LogP contribution in [0.25, 0.3) is 0 Å². The van der Waals surface area contributed by atoms with Crippen molar-refractivity contribution in [3.8, 4) is 0 Å². The maximum Gasteiger partial charge on any atom is -0.0323 e. The van der Waals surface area contributed by atoms with Crippen LogP contribution >= 0.6 is 0 Å². The molecule has 18 heavy (non-hydrogen) atoms. The summed E-state index contributed by atoms with van der Waals surface area (Å²) in [6.07, 6.45) is 16.0. The quantitative estimate of drug-likeness (QED) is 0.569. The molecule has 8 unspecified atom stereocenters. The number of hydrogen-bond acceptors (Lipinski definition) is 0. The van der Waals surface area contributed by atoms with Crippen molar-refractivity contribution in [1.82, 2.24) is 0 Å². The molecule has 0 spiro atoms. The Balaban J connectivity index is 1.51. The molecule has 0 aromatic carbocycles. The highest BCUT2D eigenvalue weighted by molar-refractivity contribution is 5.10. The maximum atomic E-state index is 1.65. The fourth-order valence-corrected chi connectivity index (χ4v) is 7.21. The molecule has 0 nitrogen and oxygen atoms in total. The molecule has 0 aromatic heterocycles. The Morgan fingerprint density at radius 3 is 1.89 bits per heavy atom. The van der Waals surface area contributed by atoms with Crippen molar-refractivity contribution < 1.29 is 0 Å². The zero-order chi connectivity index (χ0) is 11.7. The van der Waals surface area contributed by atoms with Crippen molar-refractivity contribution in [2.24, 2.45) is 47.3 Å². The van der Waals surface area contributed by atoms with Crippen LogP contribution in [0.5, 0.6) is 0 Å². The van der Waals surface area contributed by atoms with Gasteiger partial charge < -0.3 is 0 Å². The first-order valence-corrected chi connectivity index (χ1v) is 8.93. The highest BCUT2D eigenvalue weighted by Crippen LogP contribution is 2.69. The lowest BCUT2D eigenvalue weighted by Crippen LogP contribution is -2.46. The van der Waals surface area contributed by atoms with E-state index in [2.05, 4.69) is 0 Å². The standard InChI is InChI=1S/C18H28/c1-2-8-14-16-10-15(16)12-6-3-4-7-13(12)17-9-11(5-1)18(14)17/h11-18H,1-10H2. The average molecular weight is 244 g/mol. The second-order valence-corrected chi connectivity index (χ2v) is 8.36. The lowest BCUT2D eigenvalue weighted by Gasteiger charge is -2.53. The summed E-state index contributed by atoms with van der Waals surface area (Å²) in [5.74, 6) is 9.62. The maximum absolute atomic E-state index is 1.65. The summed E-state index contributed by atoms with van der Waals surface area (Å²) in [4.78, 5) is 0. The first-order chi connectivity index (χ1) is 8.93. The first kappa shape index (κ1) is 10.7. The predicted octanol–water partition coefficient (Wildman–Crippen LogP) is 4.89. The van der Waals surface area contributed by atoms with Crippen LogP contribution in [0.15, 0.2) is 0 Å². The molecule has 0 saturated heterocycles. The molecule has 0 N–H and O–H groups in total. The average Bonchev–Trinajstić information content (AvgIpc) is 3.14. The molecule has 0 heteroatoms. The van der Waals surface area contributed by atoms with Gasteiger partial charge in [0.1, 0.15) is 0 Å². The molecule has 100 valence electrons. The van der Waals surface area contributed by atoms with Crippen LogP contribution in [0.1, 0.15) is 64.2 Å². The third-order valence-electron chi connectivity index (χ3n) is 7.89. The van der Waals surface area contributed by atoms with Gasteiger partial charge in [0.2, 0.25) is 0 Å². The van der Waals surface area contributed by atoms with E-state index in [0.717, 1.165) is 0 Å². The van der Waals surface area contributed by atoms with Crippen molar-refractivity contribution in [1.29, 1.82) is 0 Å². The van der Waals surface area contributed by atoms with Gasteiger partial charge in [-0.05, 0) is 79.4 Å². The van der Waals surface area contributed by atoms with Gasteiger partial charge in [0, 0.05) is 0 Å². The Labute approximate surface area is 112 Å². The summed E-state index contributed by atoms with van der Waals surface area (Å²) in [6.45, 7) is 0. The third kappa shape index (κ3) is 1.33. The molecule has 0 aliphatic heterocycles. The Morgan fingerprint density at radius 2 is 1.06 bits per heavy atom. The van der Waals surface area contributed by atoms with Gasteiger partial charge in [-0.2, -0.15) is 0 Å². The van der Waals surface area contributed by atoms with E-state index in [1.165, 1.54) is 47.3 Å². The van der Waals surface area contributed by atoms with Gasteiger partial charge in [-0.15, -0.1) is 0 Å². The van der Waals surface area contributed by atoms with Crippen LogP contribution in [-0.2, 0) is 0 Å². The number of fused-ring (bicyclic) bond motifs is 5. The van der Waals surface area contributed by atoms with Crippen molar-refractivity contribution in [2.45, 2.75) is 64.2 Å². The molecule has 5 aliphatic carbocycles. The van der Waals surface area contributed by atoms with E-state index < -0.39 is 0 Å². The third-order valence-corrected chi connectivity index (χ3v) is 7.89. The van der Waals surface area contributed by atoms with Crippen molar-refractivity contribution >= 4 is 0 Å². The summed E-state index contributed by atoms with van der Waals surface area (Å²) >= 11 is 0. The summed E-state index contributed by atoms with van der Waals surface area (Å²) < 4.78 is 0. The van der Waals surface area contributed by atoms with Crippen LogP contribution in [-0.4, -0.2) is 0 Å². The van der Waals surface area contributed by atoms with Gasteiger partial charge in [0.15, 0.2) is 0 Å². The van der Waals surface area contributed by atoms with Gasteiger partial charge >= 0.3 is 0 Å². The van der Waals surface area contributed by atoms with Gasteiger partial charge in [-0.25, -0.2) is 0 Å². The molecule has 0 radical (unpaired) electrons. The molecule has 0 amide bonds. The predicted molar refractivity (Wildman–Crippen MR) is 74.1 cm³/mol. The fraction of sp³-hybridized carbons (Fsp3) is 1.00. The van der Waals surface area contributed by atoms with E-state index in [1.54, 1.807) is 64.2 Å². The molecule has 0 aromatic rings. The SMILES string of the molecule is C1CCC2C3CC3C3CCCCC3C3CC(C1)C23. The van der Waals surface area contributed by atoms with E-state index in [-0.39, 0.29) is 0 Å². The zero-order valence-corrected chi connectivity index (χ0v) is 11.7. The highest BCUT2D eigenvalue weighted by atomic mass is 14.7. The monoisotopic (exact) mass is 244 g/mol. The van der Waals surface area contributed by atoms with Gasteiger partial charge in [0.25, 0.3) is 0 Å². The molecule has 8 atom stereocenters. The number of rotatable bonds is 0. The Hall–Kier alpha value is 0. The van der Waals surface area contributed by atoms with Crippen molar-refractivity contribution in [3.63, 3.8) is 0 Å². The fourth-order valence-electron chi connectivity index (χ4n) is 7.21. The van der Waals surface area contributed by atoms with Gasteiger partial charge in [0.05, 0.1) is 0 Å². The zero-order valence-electron chi connectivity index (χ0n) is 11.7. The van der Waals surface area contributed by atoms with Gasteiger partial charge in [-0.3, -0.25) is 0 Å². The first-order valence-electron chi connectivity index (χ1n) is 8.93. The molecular formula is C18H28. The molecule has 5 aliphatic rings. The Morgan fingerprint density at radius 1 is 0.444 bits per heavy atom. The van der Waals surface area contributed by atoms with E-state index in [4.69, 9.17) is 0 Å². The van der Waals surface area contributed by atoms with E-state index in [9.17, 15) is 0 Å². The molecule has 5 fully saturated rings. The van der Waals surface area contributed by atoms with Crippen molar-refractivity contribution in [2.75, 3.05) is 0 Å². The van der Waals surface area contributed by atoms with E-state index in [1.807, 2.05) is 0 Å². The molecular weight excluding hydrogens is 216 g/mol. The second-order valence-electron chi connectivity index (χ2n) is 8.36. The molecule has 0 bridgehead atoms. The van der Waals surface area contributed by atoms with Crippen LogP contribution in [0.4, 0.5) is 0 Å². The highest BCUT2D eigenvalue weighted by Gasteiger charge is 2.62. The van der Waals surface area contributed by atoms with Crippen LogP contribution in [0.2, 0.25) is 0 Å². The van der Waals surface area contributed by atoms with Crippen LogP contribution in [0, 0.1) is 47.3 Å². The van der Waals surface area contributed by atoms with Crippen LogP contribution < -0.4 is 0 Å². The largest absolute Gasteiger partial charge is 0.0530 e.